The highest BCUT2D eigenvalue weighted by molar-refractivity contribution is 6.00. The average Bonchev–Trinajstić information content (AvgIpc) is 2.38. The summed E-state index contributed by atoms with van der Waals surface area (Å²) in [5, 5.41) is 19.2. The maximum atomic E-state index is 11.6. The molecule has 2 rings (SSSR count). The Morgan fingerprint density at radius 1 is 1.43 bits per heavy atom. The van der Waals surface area contributed by atoms with Gasteiger partial charge in [-0.15, -0.1) is 0 Å². The Kier molecular flexibility index (Phi) is 1.75. The number of phenolic OH excluding ortho intramolecular Hbond substituents is 1. The van der Waals surface area contributed by atoms with Gasteiger partial charge in [-0.2, -0.15) is 0 Å². The third-order valence-corrected chi connectivity index (χ3v) is 2.59. The molecule has 0 aliphatic carbocycles. The fourth-order valence-electron chi connectivity index (χ4n) is 1.74. The molecule has 1 atom stereocenters. The van der Waals surface area contributed by atoms with E-state index >= 15 is 0 Å². The first-order chi connectivity index (χ1) is 6.54. The summed E-state index contributed by atoms with van der Waals surface area (Å²) in [5.74, 6) is -0.281. The molecule has 1 unspecified atom stereocenters. The van der Waals surface area contributed by atoms with Crippen molar-refractivity contribution >= 4 is 5.91 Å². The highest BCUT2D eigenvalue weighted by atomic mass is 16.3. The van der Waals surface area contributed by atoms with Crippen LogP contribution in [0.2, 0.25) is 0 Å². The summed E-state index contributed by atoms with van der Waals surface area (Å²) in [4.78, 5) is 12.8. The van der Waals surface area contributed by atoms with E-state index in [9.17, 15) is 15.0 Å². The number of benzene rings is 1. The fraction of sp³-hybridized carbons (Fsp3) is 0.300. The summed E-state index contributed by atoms with van der Waals surface area (Å²) >= 11 is 0. The van der Waals surface area contributed by atoms with E-state index in [1.54, 1.807) is 13.0 Å². The van der Waals surface area contributed by atoms with Crippen LogP contribution in [0.15, 0.2) is 12.1 Å². The average molecular weight is 193 g/mol. The largest absolute Gasteiger partial charge is 0.507 e. The first-order valence-electron chi connectivity index (χ1n) is 4.31. The van der Waals surface area contributed by atoms with Gasteiger partial charge >= 0.3 is 0 Å². The van der Waals surface area contributed by atoms with Crippen molar-refractivity contribution in [1.82, 2.24) is 4.90 Å². The first kappa shape index (κ1) is 9.02. The number of carbonyl (C=O) groups excluding carboxylic acids is 1. The van der Waals surface area contributed by atoms with Crippen LogP contribution < -0.4 is 0 Å². The van der Waals surface area contributed by atoms with Gasteiger partial charge in [0.05, 0.1) is 11.1 Å². The third-order valence-electron chi connectivity index (χ3n) is 2.59. The summed E-state index contributed by atoms with van der Waals surface area (Å²) in [5.41, 5.74) is 1.50. The minimum atomic E-state index is -1.03. The molecule has 1 heterocycles. The van der Waals surface area contributed by atoms with Crippen LogP contribution in [0.25, 0.3) is 0 Å². The van der Waals surface area contributed by atoms with E-state index in [1.165, 1.54) is 18.0 Å². The summed E-state index contributed by atoms with van der Waals surface area (Å²) in [6.45, 7) is 1.78. The van der Waals surface area contributed by atoms with Gasteiger partial charge in [0, 0.05) is 7.05 Å². The molecule has 1 aliphatic heterocycles. The van der Waals surface area contributed by atoms with Gasteiger partial charge in [-0.25, -0.2) is 0 Å². The minimum absolute atomic E-state index is 0.0317. The zero-order chi connectivity index (χ0) is 10.5. The molecular formula is C10H11NO3. The van der Waals surface area contributed by atoms with Crippen molar-refractivity contribution in [2.24, 2.45) is 0 Å². The van der Waals surface area contributed by atoms with Crippen molar-refractivity contribution in [3.63, 3.8) is 0 Å². The molecule has 0 spiro atoms. The standard InChI is InChI=1S/C10H11NO3/c1-5-3-4-6(12)8-7(5)9(13)11(2)10(8)14/h3-4,10,12,14H,1-2H3. The van der Waals surface area contributed by atoms with Crippen LogP contribution in [0.4, 0.5) is 0 Å². The molecule has 0 bridgehead atoms. The minimum Gasteiger partial charge on any atom is -0.507 e. The van der Waals surface area contributed by atoms with Gasteiger partial charge in [0.15, 0.2) is 6.23 Å². The molecule has 0 saturated heterocycles. The molecular weight excluding hydrogens is 182 g/mol. The van der Waals surface area contributed by atoms with E-state index in [2.05, 4.69) is 0 Å². The SMILES string of the molecule is Cc1ccc(O)c2c1C(=O)N(C)C2O. The number of aromatic hydroxyl groups is 1. The van der Waals surface area contributed by atoms with Crippen LogP contribution in [-0.4, -0.2) is 28.1 Å². The molecule has 1 aliphatic rings. The summed E-state index contributed by atoms with van der Waals surface area (Å²) in [7, 11) is 1.51. The molecule has 0 saturated carbocycles. The maximum absolute atomic E-state index is 11.6. The van der Waals surface area contributed by atoms with Crippen molar-refractivity contribution in [3.8, 4) is 5.75 Å². The summed E-state index contributed by atoms with van der Waals surface area (Å²) in [6, 6.07) is 3.15. The molecule has 74 valence electrons. The Bertz CT molecular complexity index is 414. The number of carbonyl (C=O) groups is 1. The number of amides is 1. The van der Waals surface area contributed by atoms with Gasteiger partial charge in [0.1, 0.15) is 5.75 Å². The molecule has 4 nitrogen and oxygen atoms in total. The molecule has 0 aromatic heterocycles. The van der Waals surface area contributed by atoms with E-state index in [0.29, 0.717) is 11.1 Å². The Morgan fingerprint density at radius 2 is 2.07 bits per heavy atom. The van der Waals surface area contributed by atoms with Crippen molar-refractivity contribution in [2.45, 2.75) is 13.2 Å². The number of phenols is 1. The van der Waals surface area contributed by atoms with E-state index in [4.69, 9.17) is 0 Å². The lowest BCUT2D eigenvalue weighted by atomic mass is 10.0. The lowest BCUT2D eigenvalue weighted by molar-refractivity contribution is 0.0294. The number of nitrogens with zero attached hydrogens (tertiary/aromatic N) is 1. The smallest absolute Gasteiger partial charge is 0.256 e. The van der Waals surface area contributed by atoms with Crippen LogP contribution in [0, 0.1) is 6.92 Å². The van der Waals surface area contributed by atoms with Crippen LogP contribution >= 0.6 is 0 Å². The zero-order valence-electron chi connectivity index (χ0n) is 7.98. The highest BCUT2D eigenvalue weighted by Gasteiger charge is 2.36. The van der Waals surface area contributed by atoms with Crippen molar-refractivity contribution in [2.75, 3.05) is 7.05 Å². The second kappa shape index (κ2) is 2.72. The van der Waals surface area contributed by atoms with Crippen molar-refractivity contribution in [1.29, 1.82) is 0 Å². The lowest BCUT2D eigenvalue weighted by Gasteiger charge is -2.13. The molecule has 2 N–H and O–H groups in total. The Labute approximate surface area is 81.4 Å². The molecule has 1 aromatic carbocycles. The number of fused-ring (bicyclic) bond motifs is 1. The number of aryl methyl sites for hydroxylation is 1. The second-order valence-electron chi connectivity index (χ2n) is 3.48. The quantitative estimate of drug-likeness (QED) is 0.640. The van der Waals surface area contributed by atoms with Gasteiger partial charge in [-0.3, -0.25) is 4.79 Å². The monoisotopic (exact) mass is 193 g/mol. The normalized spacial score (nSPS) is 20.1. The van der Waals surface area contributed by atoms with Crippen LogP contribution in [0.3, 0.4) is 0 Å². The Morgan fingerprint density at radius 3 is 2.64 bits per heavy atom. The van der Waals surface area contributed by atoms with Gasteiger partial charge in [-0.05, 0) is 18.6 Å². The maximum Gasteiger partial charge on any atom is 0.256 e. The number of hydrogen-bond donors (Lipinski definition) is 2. The molecule has 4 heteroatoms. The highest BCUT2D eigenvalue weighted by Crippen LogP contribution is 2.38. The summed E-state index contributed by atoms with van der Waals surface area (Å²) in [6.07, 6.45) is -1.03. The number of aliphatic hydroxyl groups excluding tert-OH is 1. The number of rotatable bonds is 0. The molecule has 1 amide bonds. The van der Waals surface area contributed by atoms with Crippen molar-refractivity contribution in [3.05, 3.63) is 28.8 Å². The van der Waals surface area contributed by atoms with Crippen molar-refractivity contribution < 1.29 is 15.0 Å². The van der Waals surface area contributed by atoms with Crippen LogP contribution in [0.1, 0.15) is 27.7 Å². The fourth-order valence-corrected chi connectivity index (χ4v) is 1.74. The van der Waals surface area contributed by atoms with Gasteiger partial charge in [0.25, 0.3) is 5.91 Å². The van der Waals surface area contributed by atoms with Gasteiger partial charge < -0.3 is 15.1 Å². The second-order valence-corrected chi connectivity index (χ2v) is 3.48. The van der Waals surface area contributed by atoms with Crippen LogP contribution in [-0.2, 0) is 0 Å². The van der Waals surface area contributed by atoms with E-state index < -0.39 is 6.23 Å². The Balaban J connectivity index is 2.74. The summed E-state index contributed by atoms with van der Waals surface area (Å²) < 4.78 is 0. The van der Waals surface area contributed by atoms with E-state index in [-0.39, 0.29) is 11.7 Å². The topological polar surface area (TPSA) is 60.8 Å². The van der Waals surface area contributed by atoms with Gasteiger partial charge in [-0.1, -0.05) is 6.07 Å². The van der Waals surface area contributed by atoms with Crippen LogP contribution in [0.5, 0.6) is 5.75 Å². The molecule has 0 fully saturated rings. The molecule has 0 radical (unpaired) electrons. The van der Waals surface area contributed by atoms with E-state index in [0.717, 1.165) is 5.56 Å². The predicted molar refractivity (Wildman–Crippen MR) is 49.9 cm³/mol. The molecule has 14 heavy (non-hydrogen) atoms. The van der Waals surface area contributed by atoms with E-state index in [1.807, 2.05) is 0 Å². The number of aliphatic hydroxyl groups is 1. The Hall–Kier alpha value is -1.55. The zero-order valence-corrected chi connectivity index (χ0v) is 7.98. The molecule has 1 aromatic rings. The first-order valence-corrected chi connectivity index (χ1v) is 4.31. The third kappa shape index (κ3) is 0.943. The van der Waals surface area contributed by atoms with Gasteiger partial charge in [0.2, 0.25) is 0 Å². The predicted octanol–water partition coefficient (Wildman–Crippen LogP) is 0.777. The lowest BCUT2D eigenvalue weighted by Crippen LogP contribution is -2.22. The number of hydrogen-bond acceptors (Lipinski definition) is 3.